The van der Waals surface area contributed by atoms with Gasteiger partial charge in [-0.25, -0.2) is 4.79 Å². The predicted molar refractivity (Wildman–Crippen MR) is 85.8 cm³/mol. The summed E-state index contributed by atoms with van der Waals surface area (Å²) >= 11 is 0. The Hall–Kier alpha value is -1.71. The van der Waals surface area contributed by atoms with Crippen molar-refractivity contribution in [2.75, 3.05) is 19.5 Å². The number of rotatable bonds is 10. The van der Waals surface area contributed by atoms with Gasteiger partial charge in [0.2, 0.25) is 0 Å². The van der Waals surface area contributed by atoms with Crippen LogP contribution in [-0.2, 0) is 9.53 Å². The molecule has 1 rings (SSSR count). The molecule has 0 aromatic heterocycles. The van der Waals surface area contributed by atoms with E-state index in [1.54, 1.807) is 7.11 Å². The van der Waals surface area contributed by atoms with Crippen molar-refractivity contribution in [1.29, 1.82) is 0 Å². The van der Waals surface area contributed by atoms with Gasteiger partial charge in [-0.15, -0.1) is 0 Å². The molecule has 4 nitrogen and oxygen atoms in total. The number of carbonyl (C=O) groups excluding carboxylic acids is 1. The van der Waals surface area contributed by atoms with E-state index < -0.39 is 0 Å². The second-order valence-electron chi connectivity index (χ2n) is 5.15. The Morgan fingerprint density at radius 1 is 1.19 bits per heavy atom. The maximum absolute atomic E-state index is 11.9. The zero-order chi connectivity index (χ0) is 15.5. The van der Waals surface area contributed by atoms with Crippen molar-refractivity contribution in [2.24, 2.45) is 0 Å². The van der Waals surface area contributed by atoms with Crippen LogP contribution in [0.4, 0.5) is 5.69 Å². The second-order valence-corrected chi connectivity index (χ2v) is 5.15. The number of methoxy groups -OCH3 is 2. The summed E-state index contributed by atoms with van der Waals surface area (Å²) in [6, 6.07) is 7.28. The van der Waals surface area contributed by atoms with E-state index in [1.165, 1.54) is 26.4 Å². The highest BCUT2D eigenvalue weighted by Crippen LogP contribution is 2.19. The number of hydrogen-bond donors (Lipinski definition) is 1. The van der Waals surface area contributed by atoms with Gasteiger partial charge in [-0.2, -0.15) is 0 Å². The minimum absolute atomic E-state index is 0.215. The summed E-state index contributed by atoms with van der Waals surface area (Å²) in [5.41, 5.74) is 0.873. The van der Waals surface area contributed by atoms with Crippen LogP contribution in [0.15, 0.2) is 24.3 Å². The molecule has 0 radical (unpaired) electrons. The summed E-state index contributed by atoms with van der Waals surface area (Å²) < 4.78 is 10.1. The Balaban J connectivity index is 2.54. The Morgan fingerprint density at radius 2 is 1.95 bits per heavy atom. The minimum Gasteiger partial charge on any atom is -0.497 e. The van der Waals surface area contributed by atoms with E-state index in [4.69, 9.17) is 9.47 Å². The first-order chi connectivity index (χ1) is 10.2. The lowest BCUT2D eigenvalue weighted by molar-refractivity contribution is -0.141. The van der Waals surface area contributed by atoms with Crippen LogP contribution in [0.3, 0.4) is 0 Å². The molecule has 118 valence electrons. The molecule has 4 heteroatoms. The summed E-state index contributed by atoms with van der Waals surface area (Å²) in [6.45, 7) is 2.20. The number of ether oxygens (including phenoxy) is 2. The van der Waals surface area contributed by atoms with Crippen molar-refractivity contribution in [3.63, 3.8) is 0 Å². The van der Waals surface area contributed by atoms with Crippen LogP contribution < -0.4 is 10.1 Å². The van der Waals surface area contributed by atoms with Gasteiger partial charge in [0.15, 0.2) is 0 Å². The van der Waals surface area contributed by atoms with E-state index in [0.29, 0.717) is 0 Å². The first kappa shape index (κ1) is 17.3. The number of unbranched alkanes of at least 4 members (excludes halogenated alkanes) is 4. The molecule has 1 aromatic rings. The fourth-order valence-corrected chi connectivity index (χ4v) is 2.26. The fourth-order valence-electron chi connectivity index (χ4n) is 2.26. The van der Waals surface area contributed by atoms with Gasteiger partial charge in [0.25, 0.3) is 0 Å². The maximum Gasteiger partial charge on any atom is 0.328 e. The van der Waals surface area contributed by atoms with Crippen molar-refractivity contribution in [2.45, 2.75) is 51.5 Å². The first-order valence-electron chi connectivity index (χ1n) is 7.69. The highest BCUT2D eigenvalue weighted by atomic mass is 16.5. The van der Waals surface area contributed by atoms with E-state index >= 15 is 0 Å². The van der Waals surface area contributed by atoms with Crippen LogP contribution in [0.5, 0.6) is 5.75 Å². The molecule has 0 saturated carbocycles. The zero-order valence-electron chi connectivity index (χ0n) is 13.4. The average Bonchev–Trinajstić information content (AvgIpc) is 2.53. The summed E-state index contributed by atoms with van der Waals surface area (Å²) in [6.07, 6.45) is 6.67. The maximum atomic E-state index is 11.9. The fraction of sp³-hybridized carbons (Fsp3) is 0.588. The van der Waals surface area contributed by atoms with Crippen molar-refractivity contribution >= 4 is 11.7 Å². The summed E-state index contributed by atoms with van der Waals surface area (Å²) in [5.74, 6) is 0.555. The SMILES string of the molecule is CCCCCCCC(Nc1cccc(OC)c1)C(=O)OC. The predicted octanol–water partition coefficient (Wildman–Crippen LogP) is 4.01. The van der Waals surface area contributed by atoms with E-state index in [1.807, 2.05) is 24.3 Å². The molecule has 0 aliphatic rings. The number of anilines is 1. The molecule has 1 unspecified atom stereocenters. The standard InChI is InChI=1S/C17H27NO3/c1-4-5-6-7-8-12-16(17(19)21-3)18-14-10-9-11-15(13-14)20-2/h9-11,13,16,18H,4-8,12H2,1-3H3. The number of hydrogen-bond acceptors (Lipinski definition) is 4. The zero-order valence-corrected chi connectivity index (χ0v) is 13.4. The molecular formula is C17H27NO3. The topological polar surface area (TPSA) is 47.6 Å². The third-order valence-corrected chi connectivity index (χ3v) is 3.49. The molecule has 0 fully saturated rings. The van der Waals surface area contributed by atoms with Crippen molar-refractivity contribution < 1.29 is 14.3 Å². The van der Waals surface area contributed by atoms with Crippen LogP contribution in [0.1, 0.15) is 45.4 Å². The number of nitrogens with one attached hydrogen (secondary N) is 1. The van der Waals surface area contributed by atoms with Gasteiger partial charge in [-0.3, -0.25) is 0 Å². The molecule has 21 heavy (non-hydrogen) atoms. The minimum atomic E-state index is -0.302. The summed E-state index contributed by atoms with van der Waals surface area (Å²) in [4.78, 5) is 11.9. The molecule has 0 amide bonds. The molecule has 0 aliphatic carbocycles. The highest BCUT2D eigenvalue weighted by Gasteiger charge is 2.18. The molecule has 0 spiro atoms. The van der Waals surface area contributed by atoms with Crippen molar-refractivity contribution in [1.82, 2.24) is 0 Å². The van der Waals surface area contributed by atoms with Gasteiger partial charge in [-0.1, -0.05) is 45.1 Å². The van der Waals surface area contributed by atoms with Crippen LogP contribution in [0.2, 0.25) is 0 Å². The lowest BCUT2D eigenvalue weighted by Gasteiger charge is -2.18. The molecule has 1 aromatic carbocycles. The first-order valence-corrected chi connectivity index (χ1v) is 7.69. The number of carbonyl (C=O) groups is 1. The molecular weight excluding hydrogens is 266 g/mol. The van der Waals surface area contributed by atoms with Gasteiger partial charge >= 0.3 is 5.97 Å². The van der Waals surface area contributed by atoms with Gasteiger partial charge in [0, 0.05) is 11.8 Å². The molecule has 0 aliphatic heterocycles. The quantitative estimate of drug-likeness (QED) is 0.523. The van der Waals surface area contributed by atoms with Gasteiger partial charge in [0.05, 0.1) is 14.2 Å². The van der Waals surface area contributed by atoms with E-state index in [0.717, 1.165) is 30.7 Å². The smallest absolute Gasteiger partial charge is 0.328 e. The Labute approximate surface area is 127 Å². The largest absolute Gasteiger partial charge is 0.497 e. The molecule has 0 bridgehead atoms. The summed E-state index contributed by atoms with van der Waals surface area (Å²) in [7, 11) is 3.06. The average molecular weight is 293 g/mol. The van der Waals surface area contributed by atoms with Crippen LogP contribution in [0.25, 0.3) is 0 Å². The second kappa shape index (κ2) is 10.1. The number of benzene rings is 1. The van der Waals surface area contributed by atoms with E-state index in [9.17, 15) is 4.79 Å². The molecule has 1 atom stereocenters. The van der Waals surface area contributed by atoms with Crippen molar-refractivity contribution in [3.8, 4) is 5.75 Å². The third kappa shape index (κ3) is 6.52. The van der Waals surface area contributed by atoms with Crippen LogP contribution in [-0.4, -0.2) is 26.2 Å². The monoisotopic (exact) mass is 293 g/mol. The van der Waals surface area contributed by atoms with Gasteiger partial charge in [-0.05, 0) is 18.6 Å². The van der Waals surface area contributed by atoms with Crippen molar-refractivity contribution in [3.05, 3.63) is 24.3 Å². The molecule has 0 saturated heterocycles. The summed E-state index contributed by atoms with van der Waals surface area (Å²) in [5, 5.41) is 3.24. The Kier molecular flexibility index (Phi) is 8.32. The van der Waals surface area contributed by atoms with Crippen LogP contribution >= 0.6 is 0 Å². The Morgan fingerprint density at radius 3 is 2.62 bits per heavy atom. The van der Waals surface area contributed by atoms with Gasteiger partial charge < -0.3 is 14.8 Å². The lowest BCUT2D eigenvalue weighted by atomic mass is 10.1. The van der Waals surface area contributed by atoms with E-state index in [2.05, 4.69) is 12.2 Å². The van der Waals surface area contributed by atoms with E-state index in [-0.39, 0.29) is 12.0 Å². The molecule has 1 N–H and O–H groups in total. The lowest BCUT2D eigenvalue weighted by Crippen LogP contribution is -2.30. The van der Waals surface area contributed by atoms with Crippen LogP contribution in [0, 0.1) is 0 Å². The number of esters is 1. The molecule has 0 heterocycles. The Bertz CT molecular complexity index is 420. The third-order valence-electron chi connectivity index (χ3n) is 3.49. The highest BCUT2D eigenvalue weighted by molar-refractivity contribution is 5.79. The van der Waals surface area contributed by atoms with Gasteiger partial charge in [0.1, 0.15) is 11.8 Å². The normalized spacial score (nSPS) is 11.8.